The van der Waals surface area contributed by atoms with E-state index in [0.29, 0.717) is 12.8 Å². The Hall–Kier alpha value is -0.660. The van der Waals surface area contributed by atoms with Gasteiger partial charge in [0.05, 0.1) is 6.10 Å². The Morgan fingerprint density at radius 1 is 1.25 bits per heavy atom. The van der Waals surface area contributed by atoms with Crippen LogP contribution in [0.3, 0.4) is 0 Å². The molecule has 2 fully saturated rings. The molecule has 92 valence electrons. The van der Waals surface area contributed by atoms with Crippen molar-refractivity contribution in [2.24, 2.45) is 0 Å². The number of sulfonamides is 1. The van der Waals surface area contributed by atoms with Crippen LogP contribution in [-0.2, 0) is 14.8 Å². The molecular weight excluding hydrogens is 234 g/mol. The van der Waals surface area contributed by atoms with Crippen molar-refractivity contribution in [3.05, 3.63) is 0 Å². The van der Waals surface area contributed by atoms with Crippen LogP contribution in [0, 0.1) is 0 Å². The molecule has 6 nitrogen and oxygen atoms in total. The fourth-order valence-corrected chi connectivity index (χ4v) is 4.54. The first-order valence-corrected chi connectivity index (χ1v) is 6.92. The lowest BCUT2D eigenvalue weighted by atomic mass is 10.0. The van der Waals surface area contributed by atoms with Gasteiger partial charge in [-0.05, 0) is 25.7 Å². The van der Waals surface area contributed by atoms with E-state index in [9.17, 15) is 18.3 Å². The van der Waals surface area contributed by atoms with Crippen LogP contribution in [0.5, 0.6) is 0 Å². The molecular formula is C9H15NO5S. The number of rotatable bonds is 3. The minimum atomic E-state index is -3.72. The van der Waals surface area contributed by atoms with Gasteiger partial charge in [-0.15, -0.1) is 0 Å². The first-order chi connectivity index (χ1) is 7.40. The molecule has 0 aromatic carbocycles. The normalized spacial score (nSPS) is 35.2. The third-order valence-electron chi connectivity index (χ3n) is 3.27. The molecule has 2 aliphatic heterocycles. The van der Waals surface area contributed by atoms with Crippen LogP contribution in [0.2, 0.25) is 0 Å². The molecule has 2 bridgehead atoms. The summed E-state index contributed by atoms with van der Waals surface area (Å²) in [6.45, 7) is 0. The fraction of sp³-hybridized carbons (Fsp3) is 0.889. The third-order valence-corrected chi connectivity index (χ3v) is 5.12. The van der Waals surface area contributed by atoms with E-state index in [0.717, 1.165) is 12.8 Å². The van der Waals surface area contributed by atoms with Gasteiger partial charge in [0.25, 0.3) is 0 Å². The lowest BCUT2D eigenvalue weighted by Gasteiger charge is -2.35. The molecule has 0 saturated carbocycles. The molecule has 7 heteroatoms. The summed E-state index contributed by atoms with van der Waals surface area (Å²) in [5.41, 5.74) is 0. The predicted octanol–water partition coefficient (Wildman–Crippen LogP) is -0.611. The predicted molar refractivity (Wildman–Crippen MR) is 55.3 cm³/mol. The number of nitrogens with zero attached hydrogens (tertiary/aromatic N) is 1. The van der Waals surface area contributed by atoms with E-state index in [1.165, 1.54) is 4.31 Å². The molecule has 2 N–H and O–H groups in total. The summed E-state index contributed by atoms with van der Waals surface area (Å²) in [5, 5.41) is 18.1. The van der Waals surface area contributed by atoms with Crippen LogP contribution < -0.4 is 0 Å². The lowest BCUT2D eigenvalue weighted by molar-refractivity contribution is -0.134. The first-order valence-electron chi connectivity index (χ1n) is 5.31. The summed E-state index contributed by atoms with van der Waals surface area (Å²) in [6.07, 6.45) is 1.85. The van der Waals surface area contributed by atoms with E-state index in [2.05, 4.69) is 0 Å². The molecule has 2 atom stereocenters. The molecule has 0 aliphatic carbocycles. The average Bonchev–Trinajstić information content (AvgIpc) is 2.38. The number of aliphatic hydroxyl groups is 1. The number of carboxylic acid groups (broad SMARTS) is 1. The minimum absolute atomic E-state index is 0.210. The number of hydrogen-bond donors (Lipinski definition) is 2. The molecule has 2 aliphatic rings. The Morgan fingerprint density at radius 3 is 2.19 bits per heavy atom. The first kappa shape index (κ1) is 11.8. The van der Waals surface area contributed by atoms with Crippen LogP contribution in [-0.4, -0.2) is 52.8 Å². The molecule has 0 radical (unpaired) electrons. The molecule has 0 aromatic heterocycles. The second-order valence-corrected chi connectivity index (χ2v) is 6.36. The molecule has 0 aromatic rings. The maximum absolute atomic E-state index is 11.8. The minimum Gasteiger partial charge on any atom is -0.480 e. The third kappa shape index (κ3) is 2.07. The SMILES string of the molecule is O=C(O)CS(=O)(=O)N1C2CCC1CC(O)C2. The number of carboxylic acids is 1. The van der Waals surface area contributed by atoms with Gasteiger partial charge in [-0.2, -0.15) is 4.31 Å². The Bertz CT molecular complexity index is 379. The average molecular weight is 249 g/mol. The fourth-order valence-electron chi connectivity index (χ4n) is 2.79. The number of aliphatic carboxylic acids is 1. The lowest BCUT2D eigenvalue weighted by Crippen LogP contribution is -2.49. The number of aliphatic hydroxyl groups excluding tert-OH is 1. The Morgan fingerprint density at radius 2 is 1.75 bits per heavy atom. The number of hydrogen-bond acceptors (Lipinski definition) is 4. The zero-order chi connectivity index (χ0) is 11.9. The van der Waals surface area contributed by atoms with Gasteiger partial charge in [0.2, 0.25) is 10.0 Å². The number of fused-ring (bicyclic) bond motifs is 2. The highest BCUT2D eigenvalue weighted by atomic mass is 32.2. The van der Waals surface area contributed by atoms with Gasteiger partial charge in [0.1, 0.15) is 0 Å². The van der Waals surface area contributed by atoms with Crippen molar-refractivity contribution in [3.8, 4) is 0 Å². The van der Waals surface area contributed by atoms with E-state index < -0.39 is 27.8 Å². The monoisotopic (exact) mass is 249 g/mol. The van der Waals surface area contributed by atoms with E-state index in [1.807, 2.05) is 0 Å². The second-order valence-electron chi connectivity index (χ2n) is 4.49. The summed E-state index contributed by atoms with van der Waals surface area (Å²) in [7, 11) is -3.72. The van der Waals surface area contributed by atoms with Crippen LogP contribution in [0.4, 0.5) is 0 Å². The van der Waals surface area contributed by atoms with E-state index in [-0.39, 0.29) is 12.1 Å². The second kappa shape index (κ2) is 3.97. The molecule has 2 saturated heterocycles. The topological polar surface area (TPSA) is 94.9 Å². The zero-order valence-electron chi connectivity index (χ0n) is 8.74. The maximum atomic E-state index is 11.8. The largest absolute Gasteiger partial charge is 0.480 e. The smallest absolute Gasteiger partial charge is 0.320 e. The van der Waals surface area contributed by atoms with Gasteiger partial charge in [-0.25, -0.2) is 8.42 Å². The van der Waals surface area contributed by atoms with Crippen molar-refractivity contribution < 1.29 is 23.4 Å². The molecule has 2 heterocycles. The Balaban J connectivity index is 2.20. The van der Waals surface area contributed by atoms with Crippen LogP contribution in [0.1, 0.15) is 25.7 Å². The van der Waals surface area contributed by atoms with Crippen molar-refractivity contribution in [2.45, 2.75) is 43.9 Å². The van der Waals surface area contributed by atoms with E-state index in [4.69, 9.17) is 5.11 Å². The summed E-state index contributed by atoms with van der Waals surface area (Å²) >= 11 is 0. The maximum Gasteiger partial charge on any atom is 0.320 e. The van der Waals surface area contributed by atoms with E-state index >= 15 is 0 Å². The molecule has 2 rings (SSSR count). The van der Waals surface area contributed by atoms with Gasteiger partial charge >= 0.3 is 5.97 Å². The summed E-state index contributed by atoms with van der Waals surface area (Å²) < 4.78 is 25.0. The highest BCUT2D eigenvalue weighted by Crippen LogP contribution is 2.37. The quantitative estimate of drug-likeness (QED) is 0.695. The van der Waals surface area contributed by atoms with Crippen molar-refractivity contribution in [1.29, 1.82) is 0 Å². The van der Waals surface area contributed by atoms with Crippen LogP contribution >= 0.6 is 0 Å². The van der Waals surface area contributed by atoms with Crippen molar-refractivity contribution >= 4 is 16.0 Å². The van der Waals surface area contributed by atoms with Crippen molar-refractivity contribution in [1.82, 2.24) is 4.31 Å². The van der Waals surface area contributed by atoms with Crippen LogP contribution in [0.25, 0.3) is 0 Å². The van der Waals surface area contributed by atoms with Crippen molar-refractivity contribution in [2.75, 3.05) is 5.75 Å². The molecule has 0 amide bonds. The number of piperidine rings is 1. The summed E-state index contributed by atoms with van der Waals surface area (Å²) in [5.74, 6) is -2.18. The molecule has 0 spiro atoms. The van der Waals surface area contributed by atoms with Gasteiger partial charge < -0.3 is 10.2 Å². The van der Waals surface area contributed by atoms with Gasteiger partial charge in [-0.3, -0.25) is 4.79 Å². The highest BCUT2D eigenvalue weighted by Gasteiger charge is 2.46. The summed E-state index contributed by atoms with van der Waals surface area (Å²) in [6, 6.07) is -0.420. The van der Waals surface area contributed by atoms with Gasteiger partial charge in [0.15, 0.2) is 5.75 Å². The standard InChI is InChI=1S/C9H15NO5S/c11-8-3-6-1-2-7(4-8)10(6)16(14,15)5-9(12)13/h6-8,11H,1-5H2,(H,12,13). The van der Waals surface area contributed by atoms with Crippen LogP contribution in [0.15, 0.2) is 0 Å². The van der Waals surface area contributed by atoms with E-state index in [1.54, 1.807) is 0 Å². The van der Waals surface area contributed by atoms with Crippen molar-refractivity contribution in [3.63, 3.8) is 0 Å². The Labute approximate surface area is 93.9 Å². The zero-order valence-corrected chi connectivity index (χ0v) is 9.56. The number of carbonyl (C=O) groups is 1. The molecule has 2 unspecified atom stereocenters. The summed E-state index contributed by atoms with van der Waals surface area (Å²) in [4.78, 5) is 10.5. The van der Waals surface area contributed by atoms with Gasteiger partial charge in [-0.1, -0.05) is 0 Å². The Kier molecular flexibility index (Phi) is 2.93. The van der Waals surface area contributed by atoms with Gasteiger partial charge in [0, 0.05) is 12.1 Å². The highest BCUT2D eigenvalue weighted by molar-refractivity contribution is 7.89. The molecule has 16 heavy (non-hydrogen) atoms.